The topological polar surface area (TPSA) is 46.2 Å². The van der Waals surface area contributed by atoms with Crippen LogP contribution in [0.15, 0.2) is 18.2 Å². The molecule has 0 spiro atoms. The van der Waals surface area contributed by atoms with E-state index in [1.54, 1.807) is 25.1 Å². The van der Waals surface area contributed by atoms with Gasteiger partial charge >= 0.3 is 0 Å². The van der Waals surface area contributed by atoms with E-state index in [1.807, 2.05) is 6.92 Å². The molecule has 4 heteroatoms. The van der Waals surface area contributed by atoms with Crippen LogP contribution < -0.4 is 5.32 Å². The summed E-state index contributed by atoms with van der Waals surface area (Å²) >= 11 is 5.86. The molecule has 0 saturated heterocycles. The van der Waals surface area contributed by atoms with Crippen molar-refractivity contribution in [1.29, 1.82) is 0 Å². The number of benzene rings is 1. The highest BCUT2D eigenvalue weighted by Crippen LogP contribution is 2.16. The Hall–Kier alpha value is -1.35. The normalized spacial score (nSPS) is 12.0. The molecule has 3 nitrogen and oxygen atoms in total. The second kappa shape index (κ2) is 5.12. The molecule has 1 unspecified atom stereocenters. The number of halogens is 1. The van der Waals surface area contributed by atoms with Gasteiger partial charge in [-0.25, -0.2) is 0 Å². The summed E-state index contributed by atoms with van der Waals surface area (Å²) in [5, 5.41) is 3.23. The van der Waals surface area contributed by atoms with E-state index in [0.29, 0.717) is 10.6 Å². The Kier molecular flexibility index (Phi) is 4.07. The number of hydrogen-bond donors (Lipinski definition) is 1. The first-order valence-corrected chi connectivity index (χ1v) is 5.37. The van der Waals surface area contributed by atoms with Crippen LogP contribution in [0, 0.1) is 6.92 Å². The third kappa shape index (κ3) is 3.07. The van der Waals surface area contributed by atoms with Gasteiger partial charge in [-0.15, -0.1) is 0 Å². The highest BCUT2D eigenvalue weighted by molar-refractivity contribution is 6.31. The molecule has 0 aliphatic heterocycles. The summed E-state index contributed by atoms with van der Waals surface area (Å²) in [4.78, 5) is 22.7. The SMILES string of the molecule is CC(=O)C(C)NC(=O)c1ccc(Cl)c(C)c1. The van der Waals surface area contributed by atoms with Crippen molar-refractivity contribution in [1.82, 2.24) is 5.32 Å². The predicted molar refractivity (Wildman–Crippen MR) is 63.8 cm³/mol. The van der Waals surface area contributed by atoms with E-state index in [0.717, 1.165) is 5.56 Å². The number of aryl methyl sites for hydroxylation is 1. The molecule has 0 aromatic heterocycles. The average Bonchev–Trinajstić information content (AvgIpc) is 2.21. The minimum atomic E-state index is -0.469. The van der Waals surface area contributed by atoms with E-state index in [4.69, 9.17) is 11.6 Å². The first-order chi connectivity index (χ1) is 7.41. The molecule has 0 aliphatic rings. The van der Waals surface area contributed by atoms with E-state index >= 15 is 0 Å². The van der Waals surface area contributed by atoms with Crippen molar-refractivity contribution < 1.29 is 9.59 Å². The molecule has 0 saturated carbocycles. The lowest BCUT2D eigenvalue weighted by atomic mass is 10.1. The predicted octanol–water partition coefficient (Wildman–Crippen LogP) is 2.36. The molecule has 1 N–H and O–H groups in total. The lowest BCUT2D eigenvalue weighted by molar-refractivity contribution is -0.118. The Morgan fingerprint density at radius 1 is 1.38 bits per heavy atom. The van der Waals surface area contributed by atoms with Crippen molar-refractivity contribution in [3.05, 3.63) is 34.3 Å². The Balaban J connectivity index is 2.81. The van der Waals surface area contributed by atoms with Crippen LogP contribution in [0.3, 0.4) is 0 Å². The number of Topliss-reactive ketones (excluding diaryl/α,β-unsaturated/α-hetero) is 1. The zero-order valence-corrected chi connectivity index (χ0v) is 10.3. The molecule has 1 amide bonds. The molecular weight excluding hydrogens is 226 g/mol. The first-order valence-electron chi connectivity index (χ1n) is 4.99. The standard InChI is InChI=1S/C12H14ClNO2/c1-7-6-10(4-5-11(7)13)12(16)14-8(2)9(3)15/h4-6,8H,1-3H3,(H,14,16). The van der Waals surface area contributed by atoms with Crippen LogP contribution in [-0.4, -0.2) is 17.7 Å². The van der Waals surface area contributed by atoms with Crippen molar-refractivity contribution in [3.63, 3.8) is 0 Å². The summed E-state index contributed by atoms with van der Waals surface area (Å²) in [7, 11) is 0. The fourth-order valence-corrected chi connectivity index (χ4v) is 1.29. The van der Waals surface area contributed by atoms with Crippen LogP contribution in [0.25, 0.3) is 0 Å². The number of rotatable bonds is 3. The molecule has 1 rings (SSSR count). The quantitative estimate of drug-likeness (QED) is 0.880. The Bertz CT molecular complexity index is 429. The van der Waals surface area contributed by atoms with Crippen LogP contribution in [0.2, 0.25) is 5.02 Å². The second-order valence-electron chi connectivity index (χ2n) is 3.77. The van der Waals surface area contributed by atoms with Crippen molar-refractivity contribution in [2.45, 2.75) is 26.8 Å². The molecule has 86 valence electrons. The molecule has 0 bridgehead atoms. The number of carbonyl (C=O) groups excluding carboxylic acids is 2. The Labute approximate surface area is 99.8 Å². The number of carbonyl (C=O) groups is 2. The van der Waals surface area contributed by atoms with Gasteiger partial charge in [-0.3, -0.25) is 9.59 Å². The number of hydrogen-bond acceptors (Lipinski definition) is 2. The van der Waals surface area contributed by atoms with Gasteiger partial charge in [-0.05, 0) is 44.5 Å². The summed E-state index contributed by atoms with van der Waals surface area (Å²) in [6, 6.07) is 4.54. The fourth-order valence-electron chi connectivity index (χ4n) is 1.17. The molecule has 0 radical (unpaired) electrons. The summed E-state index contributed by atoms with van der Waals surface area (Å²) in [6.07, 6.45) is 0. The lowest BCUT2D eigenvalue weighted by Crippen LogP contribution is -2.37. The third-order valence-electron chi connectivity index (χ3n) is 2.38. The van der Waals surface area contributed by atoms with Crippen molar-refractivity contribution in [2.75, 3.05) is 0 Å². The van der Waals surface area contributed by atoms with Crippen LogP contribution in [0.4, 0.5) is 0 Å². The summed E-state index contributed by atoms with van der Waals surface area (Å²) < 4.78 is 0. The molecular formula is C12H14ClNO2. The highest BCUT2D eigenvalue weighted by Gasteiger charge is 2.13. The zero-order valence-electron chi connectivity index (χ0n) is 9.50. The molecule has 1 aromatic carbocycles. The van der Waals surface area contributed by atoms with Gasteiger partial charge in [0.15, 0.2) is 5.78 Å². The third-order valence-corrected chi connectivity index (χ3v) is 2.80. The minimum absolute atomic E-state index is 0.0703. The van der Waals surface area contributed by atoms with E-state index in [1.165, 1.54) is 6.92 Å². The van der Waals surface area contributed by atoms with Gasteiger partial charge in [0.1, 0.15) is 0 Å². The Morgan fingerprint density at radius 2 is 2.00 bits per heavy atom. The smallest absolute Gasteiger partial charge is 0.251 e. The van der Waals surface area contributed by atoms with Gasteiger partial charge in [-0.1, -0.05) is 11.6 Å². The zero-order chi connectivity index (χ0) is 12.3. The van der Waals surface area contributed by atoms with Crippen molar-refractivity contribution in [3.8, 4) is 0 Å². The highest BCUT2D eigenvalue weighted by atomic mass is 35.5. The fraction of sp³-hybridized carbons (Fsp3) is 0.333. The van der Waals surface area contributed by atoms with Gasteiger partial charge in [-0.2, -0.15) is 0 Å². The number of amides is 1. The van der Waals surface area contributed by atoms with Gasteiger partial charge in [0, 0.05) is 10.6 Å². The van der Waals surface area contributed by atoms with Crippen LogP contribution in [-0.2, 0) is 4.79 Å². The molecule has 1 atom stereocenters. The van der Waals surface area contributed by atoms with Crippen molar-refractivity contribution in [2.24, 2.45) is 0 Å². The van der Waals surface area contributed by atoms with Gasteiger partial charge < -0.3 is 5.32 Å². The van der Waals surface area contributed by atoms with Crippen LogP contribution >= 0.6 is 11.6 Å². The molecule has 0 fully saturated rings. The van der Waals surface area contributed by atoms with Gasteiger partial charge in [0.25, 0.3) is 5.91 Å². The molecule has 1 aromatic rings. The molecule has 16 heavy (non-hydrogen) atoms. The molecule has 0 heterocycles. The van der Waals surface area contributed by atoms with Crippen LogP contribution in [0.1, 0.15) is 29.8 Å². The van der Waals surface area contributed by atoms with Crippen molar-refractivity contribution >= 4 is 23.3 Å². The van der Waals surface area contributed by atoms with E-state index in [-0.39, 0.29) is 11.7 Å². The maximum Gasteiger partial charge on any atom is 0.251 e. The lowest BCUT2D eigenvalue weighted by Gasteiger charge is -2.11. The minimum Gasteiger partial charge on any atom is -0.343 e. The van der Waals surface area contributed by atoms with Gasteiger partial charge in [0.2, 0.25) is 0 Å². The molecule has 0 aliphatic carbocycles. The van der Waals surface area contributed by atoms with E-state index < -0.39 is 6.04 Å². The maximum atomic E-state index is 11.7. The van der Waals surface area contributed by atoms with E-state index in [9.17, 15) is 9.59 Å². The first kappa shape index (κ1) is 12.7. The number of ketones is 1. The average molecular weight is 240 g/mol. The largest absolute Gasteiger partial charge is 0.343 e. The summed E-state index contributed by atoms with van der Waals surface area (Å²) in [5.74, 6) is -0.332. The number of nitrogens with one attached hydrogen (secondary N) is 1. The monoisotopic (exact) mass is 239 g/mol. The van der Waals surface area contributed by atoms with Crippen LogP contribution in [0.5, 0.6) is 0 Å². The summed E-state index contributed by atoms with van der Waals surface area (Å²) in [5.41, 5.74) is 1.35. The summed E-state index contributed by atoms with van der Waals surface area (Å²) in [6.45, 7) is 4.93. The van der Waals surface area contributed by atoms with Gasteiger partial charge in [0.05, 0.1) is 6.04 Å². The van der Waals surface area contributed by atoms with E-state index in [2.05, 4.69) is 5.32 Å². The maximum absolute atomic E-state index is 11.7. The second-order valence-corrected chi connectivity index (χ2v) is 4.18. The Morgan fingerprint density at radius 3 is 2.50 bits per heavy atom.